The van der Waals surface area contributed by atoms with Gasteiger partial charge in [-0.15, -0.1) is 0 Å². The molecule has 0 spiro atoms. The molecule has 2 aromatic carbocycles. The number of nitrogens with zero attached hydrogens (tertiary/aromatic N) is 1. The number of hydrogen-bond acceptors (Lipinski definition) is 6. The fraction of sp³-hybridized carbons (Fsp3) is 0.160. The molecule has 32 heavy (non-hydrogen) atoms. The van der Waals surface area contributed by atoms with Crippen molar-refractivity contribution in [3.05, 3.63) is 100 Å². The Kier molecular flexibility index (Phi) is 6.28. The van der Waals surface area contributed by atoms with E-state index < -0.39 is 5.43 Å². The van der Waals surface area contributed by atoms with Gasteiger partial charge in [-0.05, 0) is 47.5 Å². The van der Waals surface area contributed by atoms with Crippen molar-refractivity contribution in [2.45, 2.75) is 19.7 Å². The Labute approximate surface area is 185 Å². The molecular weight excluding hydrogens is 408 g/mol. The third kappa shape index (κ3) is 4.53. The van der Waals surface area contributed by atoms with E-state index in [1.54, 1.807) is 30.1 Å². The summed E-state index contributed by atoms with van der Waals surface area (Å²) in [5.41, 5.74) is 3.19. The first-order valence-electron chi connectivity index (χ1n) is 10.1. The Hall–Kier alpha value is -3.97. The highest BCUT2D eigenvalue weighted by Gasteiger charge is 2.16. The van der Waals surface area contributed by atoms with E-state index in [-0.39, 0.29) is 25.4 Å². The molecule has 164 valence electrons. The first kappa shape index (κ1) is 21.3. The molecule has 0 atom stereocenters. The maximum absolute atomic E-state index is 12.2. The number of benzene rings is 2. The van der Waals surface area contributed by atoms with Gasteiger partial charge in [0.05, 0.1) is 38.8 Å². The molecule has 2 heterocycles. The number of aromatic nitrogens is 1. The number of pyridine rings is 1. The summed E-state index contributed by atoms with van der Waals surface area (Å²) in [4.78, 5) is 12.2. The van der Waals surface area contributed by atoms with E-state index in [4.69, 9.17) is 9.15 Å². The number of aliphatic hydroxyl groups excluding tert-OH is 1. The standard InChI is InChI=1S/C25H24N2O5/c1-31-21-10-6-18(7-11-21)17-4-8-19(9-5-17)26-14-23-25(30)24(29)13-20(16-28)27(23)15-22-3-2-12-32-22/h2-13,26,28,30H,14-16H2,1H3. The van der Waals surface area contributed by atoms with Crippen LogP contribution in [0.15, 0.2) is 82.2 Å². The summed E-state index contributed by atoms with van der Waals surface area (Å²) in [6.45, 7) is 0.140. The molecule has 4 rings (SSSR count). The Morgan fingerprint density at radius 2 is 1.72 bits per heavy atom. The van der Waals surface area contributed by atoms with E-state index in [0.717, 1.165) is 22.6 Å². The van der Waals surface area contributed by atoms with Crippen molar-refractivity contribution in [2.75, 3.05) is 12.4 Å². The molecule has 0 saturated carbocycles. The van der Waals surface area contributed by atoms with Gasteiger partial charge in [0.2, 0.25) is 5.43 Å². The van der Waals surface area contributed by atoms with Crippen LogP contribution in [-0.4, -0.2) is 21.9 Å². The van der Waals surface area contributed by atoms with Crippen LogP contribution in [-0.2, 0) is 19.7 Å². The zero-order valence-corrected chi connectivity index (χ0v) is 17.6. The average molecular weight is 432 g/mol. The van der Waals surface area contributed by atoms with Crippen LogP contribution in [0.4, 0.5) is 5.69 Å². The molecule has 0 aliphatic rings. The Morgan fingerprint density at radius 3 is 2.31 bits per heavy atom. The molecular formula is C25H24N2O5. The van der Waals surface area contributed by atoms with Crippen LogP contribution in [0.1, 0.15) is 17.1 Å². The molecule has 0 unspecified atom stereocenters. The van der Waals surface area contributed by atoms with E-state index in [1.807, 2.05) is 48.5 Å². The highest BCUT2D eigenvalue weighted by atomic mass is 16.5. The van der Waals surface area contributed by atoms with E-state index in [1.165, 1.54) is 6.07 Å². The lowest BCUT2D eigenvalue weighted by atomic mass is 10.1. The second kappa shape index (κ2) is 9.45. The topological polar surface area (TPSA) is 96.9 Å². The number of nitrogens with one attached hydrogen (secondary N) is 1. The second-order valence-corrected chi connectivity index (χ2v) is 7.28. The molecule has 7 heteroatoms. The van der Waals surface area contributed by atoms with Crippen molar-refractivity contribution >= 4 is 5.69 Å². The molecule has 7 nitrogen and oxygen atoms in total. The molecule has 2 aromatic heterocycles. The minimum atomic E-state index is -0.531. The summed E-state index contributed by atoms with van der Waals surface area (Å²) in [5.74, 6) is 1.10. The normalized spacial score (nSPS) is 10.8. The number of ether oxygens (including phenoxy) is 1. The van der Waals surface area contributed by atoms with Gasteiger partial charge >= 0.3 is 0 Å². The van der Waals surface area contributed by atoms with Gasteiger partial charge in [0.1, 0.15) is 11.5 Å². The third-order valence-electron chi connectivity index (χ3n) is 5.30. The van der Waals surface area contributed by atoms with Gasteiger partial charge in [-0.25, -0.2) is 0 Å². The predicted octanol–water partition coefficient (Wildman–Crippen LogP) is 3.98. The maximum atomic E-state index is 12.2. The van der Waals surface area contributed by atoms with Gasteiger partial charge in [-0.2, -0.15) is 0 Å². The lowest BCUT2D eigenvalue weighted by Gasteiger charge is -2.19. The fourth-order valence-corrected chi connectivity index (χ4v) is 3.56. The first-order valence-corrected chi connectivity index (χ1v) is 10.1. The molecule has 0 fully saturated rings. The van der Waals surface area contributed by atoms with Crippen molar-refractivity contribution in [3.8, 4) is 22.6 Å². The van der Waals surface area contributed by atoms with E-state index >= 15 is 0 Å². The van der Waals surface area contributed by atoms with Gasteiger partial charge in [0.25, 0.3) is 0 Å². The number of hydrogen-bond donors (Lipinski definition) is 3. The minimum Gasteiger partial charge on any atom is -0.503 e. The number of anilines is 1. The van der Waals surface area contributed by atoms with E-state index in [2.05, 4.69) is 5.32 Å². The summed E-state index contributed by atoms with van der Waals surface area (Å²) in [7, 11) is 1.64. The van der Waals surface area contributed by atoms with E-state index in [0.29, 0.717) is 17.1 Å². The first-order chi connectivity index (χ1) is 15.6. The number of aliphatic hydroxyl groups is 1. The molecule has 0 aliphatic carbocycles. The van der Waals surface area contributed by atoms with Crippen LogP contribution in [0.2, 0.25) is 0 Å². The van der Waals surface area contributed by atoms with Crippen LogP contribution in [0.5, 0.6) is 11.5 Å². The number of furan rings is 1. The Morgan fingerprint density at radius 1 is 1.03 bits per heavy atom. The molecule has 0 saturated heterocycles. The van der Waals surface area contributed by atoms with Gasteiger partial charge < -0.3 is 29.3 Å². The molecule has 0 amide bonds. The number of aromatic hydroxyl groups is 1. The summed E-state index contributed by atoms with van der Waals surface area (Å²) in [5, 5.41) is 23.4. The summed E-state index contributed by atoms with van der Waals surface area (Å²) < 4.78 is 12.3. The highest BCUT2D eigenvalue weighted by molar-refractivity contribution is 5.66. The SMILES string of the molecule is COc1ccc(-c2ccc(NCc3c(O)c(=O)cc(CO)n3Cc3ccco3)cc2)cc1. The maximum Gasteiger partial charge on any atom is 0.223 e. The fourth-order valence-electron chi connectivity index (χ4n) is 3.56. The van der Waals surface area contributed by atoms with Crippen LogP contribution in [0.25, 0.3) is 11.1 Å². The van der Waals surface area contributed by atoms with Crippen molar-refractivity contribution < 1.29 is 19.4 Å². The predicted molar refractivity (Wildman–Crippen MR) is 122 cm³/mol. The smallest absolute Gasteiger partial charge is 0.223 e. The van der Waals surface area contributed by atoms with Crippen LogP contribution < -0.4 is 15.5 Å². The van der Waals surface area contributed by atoms with Crippen molar-refractivity contribution in [1.82, 2.24) is 4.57 Å². The van der Waals surface area contributed by atoms with Gasteiger partial charge in [-0.1, -0.05) is 24.3 Å². The quantitative estimate of drug-likeness (QED) is 0.390. The molecule has 3 N–H and O–H groups in total. The van der Waals surface area contributed by atoms with Gasteiger partial charge in [-0.3, -0.25) is 4.79 Å². The Bertz CT molecular complexity index is 1230. The average Bonchev–Trinajstić information content (AvgIpc) is 3.35. The molecule has 0 aliphatic heterocycles. The zero-order valence-electron chi connectivity index (χ0n) is 17.6. The van der Waals surface area contributed by atoms with Crippen molar-refractivity contribution in [3.63, 3.8) is 0 Å². The van der Waals surface area contributed by atoms with Crippen LogP contribution in [0, 0.1) is 0 Å². The lowest BCUT2D eigenvalue weighted by molar-refractivity contribution is 0.267. The van der Waals surface area contributed by atoms with Crippen LogP contribution in [0.3, 0.4) is 0 Å². The number of methoxy groups -OCH3 is 1. The number of rotatable bonds is 8. The molecule has 4 aromatic rings. The van der Waals surface area contributed by atoms with Crippen LogP contribution >= 0.6 is 0 Å². The second-order valence-electron chi connectivity index (χ2n) is 7.28. The highest BCUT2D eigenvalue weighted by Crippen LogP contribution is 2.25. The van der Waals surface area contributed by atoms with Gasteiger partial charge in [0.15, 0.2) is 5.75 Å². The zero-order chi connectivity index (χ0) is 22.5. The van der Waals surface area contributed by atoms with E-state index in [9.17, 15) is 15.0 Å². The monoisotopic (exact) mass is 432 g/mol. The summed E-state index contributed by atoms with van der Waals surface area (Å²) in [6, 6.07) is 20.5. The third-order valence-corrected chi connectivity index (χ3v) is 5.30. The largest absolute Gasteiger partial charge is 0.503 e. The minimum absolute atomic E-state index is 0.192. The van der Waals surface area contributed by atoms with Gasteiger partial charge in [0, 0.05) is 17.4 Å². The Balaban J connectivity index is 1.56. The lowest BCUT2D eigenvalue weighted by Crippen LogP contribution is -2.20. The summed E-state index contributed by atoms with van der Waals surface area (Å²) >= 11 is 0. The molecule has 0 bridgehead atoms. The van der Waals surface area contributed by atoms with Crippen molar-refractivity contribution in [2.24, 2.45) is 0 Å². The van der Waals surface area contributed by atoms with Crippen molar-refractivity contribution in [1.29, 1.82) is 0 Å². The molecule has 0 radical (unpaired) electrons. The summed E-state index contributed by atoms with van der Waals surface area (Å²) in [6.07, 6.45) is 1.55.